The van der Waals surface area contributed by atoms with Crippen LogP contribution in [0.1, 0.15) is 42.7 Å². The largest absolute Gasteiger partial charge is 0.294 e. The summed E-state index contributed by atoms with van der Waals surface area (Å²) in [7, 11) is 0. The van der Waals surface area contributed by atoms with E-state index in [0.717, 1.165) is 16.8 Å². The minimum Gasteiger partial charge on any atom is -0.294 e. The summed E-state index contributed by atoms with van der Waals surface area (Å²) in [4.78, 5) is 27.4. The van der Waals surface area contributed by atoms with Gasteiger partial charge in [0.1, 0.15) is 5.82 Å². The second-order valence-electron chi connectivity index (χ2n) is 7.13. The van der Waals surface area contributed by atoms with Crippen LogP contribution in [0.15, 0.2) is 53.7 Å². The SMILES string of the molecule is Cc1ccc(C2CC(=O)N(c3ccc(F)c(Cl)c3)C3=C2C(=O)CCC3)cc1. The van der Waals surface area contributed by atoms with Crippen LogP contribution in [0.5, 0.6) is 0 Å². The van der Waals surface area contributed by atoms with Crippen LogP contribution in [0, 0.1) is 12.7 Å². The number of Topliss-reactive ketones (excluding diaryl/α,β-unsaturated/α-hetero) is 1. The van der Waals surface area contributed by atoms with E-state index in [9.17, 15) is 14.0 Å². The first kappa shape index (κ1) is 17.9. The number of anilines is 1. The van der Waals surface area contributed by atoms with Crippen molar-refractivity contribution in [2.75, 3.05) is 4.90 Å². The van der Waals surface area contributed by atoms with Crippen molar-refractivity contribution in [1.29, 1.82) is 0 Å². The number of carbonyl (C=O) groups is 2. The Hall–Kier alpha value is -2.46. The Kier molecular flexibility index (Phi) is 4.60. The molecule has 0 spiro atoms. The topological polar surface area (TPSA) is 37.4 Å². The predicted molar refractivity (Wildman–Crippen MR) is 103 cm³/mol. The van der Waals surface area contributed by atoms with Crippen molar-refractivity contribution in [3.8, 4) is 0 Å². The van der Waals surface area contributed by atoms with Crippen LogP contribution >= 0.6 is 11.6 Å². The molecule has 0 aromatic heterocycles. The van der Waals surface area contributed by atoms with E-state index >= 15 is 0 Å². The second kappa shape index (κ2) is 6.93. The Labute approximate surface area is 162 Å². The molecule has 1 aliphatic heterocycles. The van der Waals surface area contributed by atoms with E-state index in [2.05, 4.69) is 0 Å². The molecule has 5 heteroatoms. The average Bonchev–Trinajstić information content (AvgIpc) is 2.64. The minimum absolute atomic E-state index is 0.0368. The fourth-order valence-corrected chi connectivity index (χ4v) is 4.17. The molecule has 0 bridgehead atoms. The van der Waals surface area contributed by atoms with Gasteiger partial charge in [-0.05, 0) is 43.5 Å². The fourth-order valence-electron chi connectivity index (χ4n) is 4.00. The summed E-state index contributed by atoms with van der Waals surface area (Å²) in [5.74, 6) is -0.770. The highest BCUT2D eigenvalue weighted by Crippen LogP contribution is 2.43. The van der Waals surface area contributed by atoms with Crippen molar-refractivity contribution in [1.82, 2.24) is 0 Å². The lowest BCUT2D eigenvalue weighted by Crippen LogP contribution is -2.40. The van der Waals surface area contributed by atoms with Gasteiger partial charge in [-0.3, -0.25) is 14.5 Å². The van der Waals surface area contributed by atoms with Crippen LogP contribution in [0.2, 0.25) is 5.02 Å². The Balaban J connectivity index is 1.85. The summed E-state index contributed by atoms with van der Waals surface area (Å²) in [6.07, 6.45) is 2.05. The fraction of sp³-hybridized carbons (Fsp3) is 0.273. The number of amides is 1. The Morgan fingerprint density at radius 2 is 1.81 bits per heavy atom. The van der Waals surface area contributed by atoms with Crippen molar-refractivity contribution < 1.29 is 14.0 Å². The first-order chi connectivity index (χ1) is 13.0. The van der Waals surface area contributed by atoms with Crippen molar-refractivity contribution in [3.05, 3.63) is 75.7 Å². The minimum atomic E-state index is -0.531. The molecule has 1 unspecified atom stereocenters. The molecular weight excluding hydrogens is 365 g/mol. The maximum Gasteiger partial charge on any atom is 0.232 e. The lowest BCUT2D eigenvalue weighted by atomic mass is 9.77. The molecule has 2 aliphatic rings. The quantitative estimate of drug-likeness (QED) is 0.704. The van der Waals surface area contributed by atoms with Crippen molar-refractivity contribution in [2.24, 2.45) is 0 Å². The maximum absolute atomic E-state index is 13.6. The molecule has 4 rings (SSSR count). The monoisotopic (exact) mass is 383 g/mol. The maximum atomic E-state index is 13.6. The highest BCUT2D eigenvalue weighted by atomic mass is 35.5. The van der Waals surface area contributed by atoms with E-state index in [1.54, 1.807) is 4.90 Å². The zero-order valence-electron chi connectivity index (χ0n) is 15.0. The van der Waals surface area contributed by atoms with E-state index in [1.165, 1.54) is 18.2 Å². The summed E-state index contributed by atoms with van der Waals surface area (Å²) in [5.41, 5.74) is 4.07. The smallest absolute Gasteiger partial charge is 0.232 e. The number of ketones is 1. The van der Waals surface area contributed by atoms with Gasteiger partial charge in [0, 0.05) is 30.0 Å². The van der Waals surface area contributed by atoms with E-state index in [0.29, 0.717) is 30.5 Å². The molecular formula is C22H19ClFNO2. The van der Waals surface area contributed by atoms with E-state index in [4.69, 9.17) is 11.6 Å². The third-order valence-electron chi connectivity index (χ3n) is 5.32. The molecule has 1 aliphatic carbocycles. The third-order valence-corrected chi connectivity index (χ3v) is 5.61. The van der Waals surface area contributed by atoms with Gasteiger partial charge in [0.15, 0.2) is 5.78 Å². The molecule has 27 heavy (non-hydrogen) atoms. The van der Waals surface area contributed by atoms with Crippen molar-refractivity contribution >= 4 is 29.0 Å². The highest BCUT2D eigenvalue weighted by molar-refractivity contribution is 6.31. The lowest BCUT2D eigenvalue weighted by molar-refractivity contribution is -0.119. The number of halogens is 2. The molecule has 0 N–H and O–H groups in total. The van der Waals surface area contributed by atoms with Crippen molar-refractivity contribution in [3.63, 3.8) is 0 Å². The van der Waals surface area contributed by atoms with E-state index in [1.807, 2.05) is 31.2 Å². The number of nitrogens with zero attached hydrogens (tertiary/aromatic N) is 1. The van der Waals surface area contributed by atoms with Crippen LogP contribution in [0.3, 0.4) is 0 Å². The van der Waals surface area contributed by atoms with Gasteiger partial charge in [-0.2, -0.15) is 0 Å². The van der Waals surface area contributed by atoms with Gasteiger partial charge in [-0.25, -0.2) is 4.39 Å². The molecule has 2 aromatic rings. The van der Waals surface area contributed by atoms with E-state index in [-0.39, 0.29) is 29.1 Å². The van der Waals surface area contributed by atoms with Crippen LogP contribution in [-0.4, -0.2) is 11.7 Å². The molecule has 0 fully saturated rings. The first-order valence-electron chi connectivity index (χ1n) is 9.06. The highest BCUT2D eigenvalue weighted by Gasteiger charge is 2.39. The summed E-state index contributed by atoms with van der Waals surface area (Å²) in [5, 5.41) is -0.0368. The van der Waals surface area contributed by atoms with Gasteiger partial charge in [-0.15, -0.1) is 0 Å². The number of carbonyl (C=O) groups excluding carboxylic acids is 2. The van der Waals surface area contributed by atoms with Gasteiger partial charge in [0.2, 0.25) is 5.91 Å². The molecule has 2 aromatic carbocycles. The lowest BCUT2D eigenvalue weighted by Gasteiger charge is -2.38. The van der Waals surface area contributed by atoms with Gasteiger partial charge < -0.3 is 0 Å². The van der Waals surface area contributed by atoms with Crippen LogP contribution in [0.4, 0.5) is 10.1 Å². The first-order valence-corrected chi connectivity index (χ1v) is 9.44. The van der Waals surface area contributed by atoms with Crippen LogP contribution < -0.4 is 4.90 Å². The molecule has 0 saturated heterocycles. The Morgan fingerprint density at radius 3 is 2.52 bits per heavy atom. The van der Waals surface area contributed by atoms with Gasteiger partial charge in [0.05, 0.1) is 10.7 Å². The number of aryl methyl sites for hydroxylation is 1. The number of rotatable bonds is 2. The van der Waals surface area contributed by atoms with E-state index < -0.39 is 5.82 Å². The summed E-state index contributed by atoms with van der Waals surface area (Å²) in [6, 6.07) is 12.2. The number of hydrogen-bond donors (Lipinski definition) is 0. The molecule has 1 atom stereocenters. The zero-order valence-corrected chi connectivity index (χ0v) is 15.7. The van der Waals surface area contributed by atoms with Crippen LogP contribution in [-0.2, 0) is 9.59 Å². The Bertz CT molecular complexity index is 965. The van der Waals surface area contributed by atoms with Gasteiger partial charge in [-0.1, -0.05) is 41.4 Å². The van der Waals surface area contributed by atoms with Crippen molar-refractivity contribution in [2.45, 2.75) is 38.5 Å². The molecule has 138 valence electrons. The molecule has 3 nitrogen and oxygen atoms in total. The summed E-state index contributed by atoms with van der Waals surface area (Å²) in [6.45, 7) is 2.01. The third kappa shape index (κ3) is 3.19. The Morgan fingerprint density at radius 1 is 1.07 bits per heavy atom. The average molecular weight is 384 g/mol. The molecule has 0 radical (unpaired) electrons. The summed E-state index contributed by atoms with van der Waals surface area (Å²) >= 11 is 5.93. The zero-order chi connectivity index (χ0) is 19.1. The number of hydrogen-bond acceptors (Lipinski definition) is 2. The van der Waals surface area contributed by atoms with Gasteiger partial charge in [0.25, 0.3) is 0 Å². The normalized spacial score (nSPS) is 20.1. The molecule has 1 amide bonds. The molecule has 1 heterocycles. The number of allylic oxidation sites excluding steroid dienone is 2. The van der Waals surface area contributed by atoms with Crippen LogP contribution in [0.25, 0.3) is 0 Å². The second-order valence-corrected chi connectivity index (χ2v) is 7.54. The number of benzene rings is 2. The van der Waals surface area contributed by atoms with Gasteiger partial charge >= 0.3 is 0 Å². The molecule has 0 saturated carbocycles. The standard InChI is InChI=1S/C22H19ClFNO2/c1-13-5-7-14(8-6-13)16-12-21(27)25(15-9-10-18(24)17(23)11-15)19-3-2-4-20(26)22(16)19/h5-11,16H,2-4,12H2,1H3. The summed E-state index contributed by atoms with van der Waals surface area (Å²) < 4.78 is 13.6. The predicted octanol–water partition coefficient (Wildman–Crippen LogP) is 5.32.